The van der Waals surface area contributed by atoms with Crippen molar-refractivity contribution in [2.45, 2.75) is 19.9 Å². The average molecular weight is 300 g/mol. The maximum atomic E-state index is 11.4. The second kappa shape index (κ2) is 5.14. The first-order valence-electron chi connectivity index (χ1n) is 6.85. The molecule has 3 aromatic rings. The van der Waals surface area contributed by atoms with Gasteiger partial charge in [-0.2, -0.15) is 14.5 Å². The molecule has 0 saturated carbocycles. The van der Waals surface area contributed by atoms with Gasteiger partial charge < -0.3 is 15.4 Å². The maximum absolute atomic E-state index is 11.4. The number of aromatic nitrogens is 4. The molecule has 0 amide bonds. The minimum Gasteiger partial charge on any atom is -0.358 e. The summed E-state index contributed by atoms with van der Waals surface area (Å²) in [5.74, 6) is 0.191. The van der Waals surface area contributed by atoms with Crippen LogP contribution in [0.3, 0.4) is 0 Å². The molecule has 0 saturated heterocycles. The number of nitrogens with zero attached hydrogens (tertiary/aromatic N) is 5. The SMILES string of the molecule is Cc1nn(C)cc1[C@@H](C)Nc1nc2ccccn2c1[N+](=O)[O-]. The first-order chi connectivity index (χ1) is 10.5. The van der Waals surface area contributed by atoms with Gasteiger partial charge in [0, 0.05) is 24.9 Å². The van der Waals surface area contributed by atoms with Gasteiger partial charge in [-0.1, -0.05) is 6.07 Å². The molecule has 0 fully saturated rings. The number of aryl methyl sites for hydroxylation is 2. The van der Waals surface area contributed by atoms with E-state index in [-0.39, 0.29) is 17.7 Å². The van der Waals surface area contributed by atoms with E-state index >= 15 is 0 Å². The van der Waals surface area contributed by atoms with E-state index in [0.717, 1.165) is 11.3 Å². The van der Waals surface area contributed by atoms with Crippen molar-refractivity contribution >= 4 is 17.3 Å². The van der Waals surface area contributed by atoms with Gasteiger partial charge >= 0.3 is 5.82 Å². The highest BCUT2D eigenvalue weighted by Crippen LogP contribution is 2.29. The number of nitrogens with one attached hydrogen (secondary N) is 1. The molecule has 0 aliphatic heterocycles. The average Bonchev–Trinajstić information content (AvgIpc) is 2.97. The smallest absolute Gasteiger partial charge is 0.358 e. The Morgan fingerprint density at radius 3 is 2.82 bits per heavy atom. The van der Waals surface area contributed by atoms with E-state index in [1.54, 1.807) is 29.1 Å². The number of imidazole rings is 1. The van der Waals surface area contributed by atoms with E-state index in [4.69, 9.17) is 0 Å². The molecule has 0 unspecified atom stereocenters. The lowest BCUT2D eigenvalue weighted by Gasteiger charge is -2.12. The molecule has 0 aliphatic rings. The van der Waals surface area contributed by atoms with Gasteiger partial charge in [-0.05, 0) is 24.8 Å². The van der Waals surface area contributed by atoms with Crippen molar-refractivity contribution in [1.29, 1.82) is 0 Å². The predicted molar refractivity (Wildman–Crippen MR) is 81.8 cm³/mol. The molecule has 0 aromatic carbocycles. The zero-order chi connectivity index (χ0) is 15.9. The lowest BCUT2D eigenvalue weighted by atomic mass is 10.1. The van der Waals surface area contributed by atoms with Gasteiger partial charge in [0.2, 0.25) is 11.5 Å². The fourth-order valence-corrected chi connectivity index (χ4v) is 2.58. The number of hydrogen-bond donors (Lipinski definition) is 1. The van der Waals surface area contributed by atoms with Crippen molar-refractivity contribution in [2.24, 2.45) is 7.05 Å². The molecule has 114 valence electrons. The Kier molecular flexibility index (Phi) is 3.28. The Labute approximate surface area is 126 Å². The maximum Gasteiger partial charge on any atom is 0.372 e. The van der Waals surface area contributed by atoms with Crippen LogP contribution in [0.15, 0.2) is 30.6 Å². The Morgan fingerprint density at radius 2 is 2.18 bits per heavy atom. The molecule has 3 rings (SSSR count). The fourth-order valence-electron chi connectivity index (χ4n) is 2.58. The molecule has 1 N–H and O–H groups in total. The van der Waals surface area contributed by atoms with Crippen LogP contribution in [-0.2, 0) is 7.05 Å². The Hall–Kier alpha value is -2.90. The van der Waals surface area contributed by atoms with Gasteiger partial charge in [-0.25, -0.2) is 0 Å². The molecule has 1 atom stereocenters. The molecule has 0 aliphatic carbocycles. The van der Waals surface area contributed by atoms with Crippen molar-refractivity contribution in [3.05, 3.63) is 52.0 Å². The van der Waals surface area contributed by atoms with Gasteiger partial charge in [0.1, 0.15) is 0 Å². The standard InChI is InChI=1S/C14H16N6O2/c1-9(11-8-18(3)17-10(11)2)15-13-14(20(21)22)19-7-5-4-6-12(19)16-13/h4-9,15H,1-3H3/t9-/m1/s1. The second-order valence-corrected chi connectivity index (χ2v) is 5.18. The van der Waals surface area contributed by atoms with E-state index in [1.807, 2.05) is 27.1 Å². The van der Waals surface area contributed by atoms with Crippen LogP contribution in [0.1, 0.15) is 24.2 Å². The quantitative estimate of drug-likeness (QED) is 0.590. The summed E-state index contributed by atoms with van der Waals surface area (Å²) in [6, 6.07) is 5.13. The highest BCUT2D eigenvalue weighted by Gasteiger charge is 2.24. The number of nitro groups is 1. The van der Waals surface area contributed by atoms with Crippen LogP contribution in [0.4, 0.5) is 11.6 Å². The van der Waals surface area contributed by atoms with Gasteiger partial charge in [0.15, 0.2) is 0 Å². The molecule has 0 spiro atoms. The van der Waals surface area contributed by atoms with Gasteiger partial charge in [-0.15, -0.1) is 0 Å². The van der Waals surface area contributed by atoms with E-state index in [0.29, 0.717) is 5.65 Å². The number of hydrogen-bond acceptors (Lipinski definition) is 5. The van der Waals surface area contributed by atoms with Crippen LogP contribution in [0.25, 0.3) is 5.65 Å². The number of rotatable bonds is 4. The third kappa shape index (κ3) is 2.28. The van der Waals surface area contributed by atoms with Gasteiger partial charge in [-0.3, -0.25) is 4.68 Å². The van der Waals surface area contributed by atoms with Crippen LogP contribution in [0.5, 0.6) is 0 Å². The summed E-state index contributed by atoms with van der Waals surface area (Å²) in [7, 11) is 1.84. The zero-order valence-electron chi connectivity index (χ0n) is 12.5. The lowest BCUT2D eigenvalue weighted by molar-refractivity contribution is -0.389. The monoisotopic (exact) mass is 300 g/mol. The van der Waals surface area contributed by atoms with Crippen LogP contribution in [0.2, 0.25) is 0 Å². The molecule has 22 heavy (non-hydrogen) atoms. The number of fused-ring (bicyclic) bond motifs is 1. The van der Waals surface area contributed by atoms with Crippen molar-refractivity contribution < 1.29 is 4.92 Å². The molecule has 8 nitrogen and oxygen atoms in total. The number of pyridine rings is 1. The summed E-state index contributed by atoms with van der Waals surface area (Å²) in [6.07, 6.45) is 3.53. The zero-order valence-corrected chi connectivity index (χ0v) is 12.5. The van der Waals surface area contributed by atoms with Crippen molar-refractivity contribution in [3.8, 4) is 0 Å². The Morgan fingerprint density at radius 1 is 1.41 bits per heavy atom. The normalized spacial score (nSPS) is 12.5. The van der Waals surface area contributed by atoms with Gasteiger partial charge in [0.25, 0.3) is 0 Å². The molecule has 0 radical (unpaired) electrons. The topological polar surface area (TPSA) is 90.3 Å². The molecular formula is C14H16N6O2. The minimum atomic E-state index is -0.425. The van der Waals surface area contributed by atoms with E-state index in [1.165, 1.54) is 4.40 Å². The minimum absolute atomic E-state index is 0.0657. The highest BCUT2D eigenvalue weighted by atomic mass is 16.6. The first-order valence-corrected chi connectivity index (χ1v) is 6.85. The van der Waals surface area contributed by atoms with E-state index in [2.05, 4.69) is 15.4 Å². The molecule has 3 aromatic heterocycles. The largest absolute Gasteiger partial charge is 0.372 e. The van der Waals surface area contributed by atoms with Crippen molar-refractivity contribution in [1.82, 2.24) is 19.2 Å². The second-order valence-electron chi connectivity index (χ2n) is 5.18. The molecule has 0 bridgehead atoms. The van der Waals surface area contributed by atoms with Crippen LogP contribution >= 0.6 is 0 Å². The Balaban J connectivity index is 2.01. The third-order valence-electron chi connectivity index (χ3n) is 3.55. The molecule has 3 heterocycles. The summed E-state index contributed by atoms with van der Waals surface area (Å²) in [4.78, 5) is 15.3. The molecular weight excluding hydrogens is 284 g/mol. The highest BCUT2D eigenvalue weighted by molar-refractivity contribution is 5.62. The van der Waals surface area contributed by atoms with Crippen LogP contribution in [-0.4, -0.2) is 24.1 Å². The summed E-state index contributed by atoms with van der Waals surface area (Å²) in [5.41, 5.74) is 2.40. The number of anilines is 1. The third-order valence-corrected chi connectivity index (χ3v) is 3.55. The summed E-state index contributed by atoms with van der Waals surface area (Å²) in [5, 5.41) is 18.8. The first kappa shape index (κ1) is 14.1. The van der Waals surface area contributed by atoms with Gasteiger partial charge in [0.05, 0.1) is 17.9 Å². The fraction of sp³-hybridized carbons (Fsp3) is 0.286. The van der Waals surface area contributed by atoms with Crippen LogP contribution < -0.4 is 5.32 Å². The van der Waals surface area contributed by atoms with E-state index in [9.17, 15) is 10.1 Å². The summed E-state index contributed by atoms with van der Waals surface area (Å²) in [6.45, 7) is 3.84. The van der Waals surface area contributed by atoms with Crippen LogP contribution in [0, 0.1) is 17.0 Å². The lowest BCUT2D eigenvalue weighted by Crippen LogP contribution is -2.09. The molecule has 8 heteroatoms. The Bertz CT molecular complexity index is 850. The van der Waals surface area contributed by atoms with Crippen molar-refractivity contribution in [2.75, 3.05) is 5.32 Å². The van der Waals surface area contributed by atoms with Crippen molar-refractivity contribution in [3.63, 3.8) is 0 Å². The van der Waals surface area contributed by atoms with E-state index < -0.39 is 4.92 Å². The predicted octanol–water partition coefficient (Wildman–Crippen LogP) is 2.46. The summed E-state index contributed by atoms with van der Waals surface area (Å²) < 4.78 is 3.19. The summed E-state index contributed by atoms with van der Waals surface area (Å²) >= 11 is 0.